The highest BCUT2D eigenvalue weighted by Crippen LogP contribution is 2.27. The summed E-state index contributed by atoms with van der Waals surface area (Å²) in [5.74, 6) is 1.05. The molecule has 1 aromatic heterocycles. The summed E-state index contributed by atoms with van der Waals surface area (Å²) in [5, 5.41) is 3.35. The van der Waals surface area contributed by atoms with Crippen LogP contribution in [0.3, 0.4) is 0 Å². The van der Waals surface area contributed by atoms with Gasteiger partial charge in [0.25, 0.3) is 0 Å². The van der Waals surface area contributed by atoms with E-state index in [1.54, 1.807) is 29.4 Å². The number of halogens is 1. The lowest BCUT2D eigenvalue weighted by atomic mass is 10.0. The molecule has 0 radical (unpaired) electrons. The molecule has 2 aromatic carbocycles. The number of carbonyl (C=O) groups excluding carboxylic acids is 1. The van der Waals surface area contributed by atoms with Gasteiger partial charge in [-0.1, -0.05) is 50.2 Å². The number of rotatable bonds is 6. The third-order valence-corrected chi connectivity index (χ3v) is 5.50. The van der Waals surface area contributed by atoms with Gasteiger partial charge in [-0.05, 0) is 41.7 Å². The molecule has 2 heterocycles. The highest BCUT2D eigenvalue weighted by molar-refractivity contribution is 5.89. The smallest absolute Gasteiger partial charge is 0.415 e. The van der Waals surface area contributed by atoms with Crippen molar-refractivity contribution in [1.82, 2.24) is 9.97 Å². The molecule has 31 heavy (non-hydrogen) atoms. The van der Waals surface area contributed by atoms with Crippen molar-refractivity contribution < 1.29 is 13.9 Å². The summed E-state index contributed by atoms with van der Waals surface area (Å²) in [5.41, 5.74) is 3.05. The molecule has 0 spiro atoms. The molecule has 160 valence electrons. The molecule has 0 aliphatic carbocycles. The first-order valence-electron chi connectivity index (χ1n) is 10.3. The number of aromatic nitrogens is 2. The van der Waals surface area contributed by atoms with Crippen molar-refractivity contribution in [3.63, 3.8) is 0 Å². The summed E-state index contributed by atoms with van der Waals surface area (Å²) >= 11 is 0. The molecule has 1 aliphatic heterocycles. The summed E-state index contributed by atoms with van der Waals surface area (Å²) in [4.78, 5) is 22.6. The summed E-state index contributed by atoms with van der Waals surface area (Å²) in [7, 11) is 0. The van der Waals surface area contributed by atoms with Crippen LogP contribution < -0.4 is 10.2 Å². The molecule has 1 aliphatic rings. The number of nitrogens with one attached hydrogen (secondary N) is 1. The first kappa shape index (κ1) is 20.8. The number of hydrogen-bond acceptors (Lipinski definition) is 5. The predicted octanol–water partition coefficient (Wildman–Crippen LogP) is 5.44. The molecule has 0 bridgehead atoms. The fourth-order valence-corrected chi connectivity index (χ4v) is 3.64. The maximum atomic E-state index is 13.1. The van der Waals surface area contributed by atoms with Crippen LogP contribution in [0.2, 0.25) is 0 Å². The van der Waals surface area contributed by atoms with Crippen LogP contribution in [0.1, 0.15) is 32.4 Å². The molecular formula is C24H25FN4O2. The lowest BCUT2D eigenvalue weighted by molar-refractivity contribution is 0.177. The van der Waals surface area contributed by atoms with Gasteiger partial charge in [-0.15, -0.1) is 0 Å². The van der Waals surface area contributed by atoms with E-state index in [0.29, 0.717) is 18.2 Å². The normalized spacial score (nSPS) is 17.0. The quantitative estimate of drug-likeness (QED) is 0.575. The van der Waals surface area contributed by atoms with Crippen molar-refractivity contribution in [2.24, 2.45) is 5.92 Å². The highest BCUT2D eigenvalue weighted by Gasteiger charge is 2.37. The minimum Gasteiger partial charge on any atom is -0.447 e. The van der Waals surface area contributed by atoms with Gasteiger partial charge in [0.05, 0.1) is 18.4 Å². The number of nitrogens with zero attached hydrogens (tertiary/aromatic N) is 3. The Kier molecular flexibility index (Phi) is 5.84. The Bertz CT molecular complexity index is 1050. The first-order chi connectivity index (χ1) is 14.9. The number of hydrogen-bond donors (Lipinski definition) is 1. The molecule has 1 fully saturated rings. The van der Waals surface area contributed by atoms with Gasteiger partial charge in [0, 0.05) is 6.04 Å². The zero-order chi connectivity index (χ0) is 22.0. The second-order valence-corrected chi connectivity index (χ2v) is 8.02. The Hall–Kier alpha value is -3.48. The van der Waals surface area contributed by atoms with E-state index in [2.05, 4.69) is 15.3 Å². The number of cyclic esters (lactones) is 1. The van der Waals surface area contributed by atoms with Gasteiger partial charge in [-0.3, -0.25) is 9.88 Å². The third-order valence-electron chi connectivity index (χ3n) is 5.50. The van der Waals surface area contributed by atoms with E-state index >= 15 is 0 Å². The molecule has 1 saturated heterocycles. The van der Waals surface area contributed by atoms with E-state index in [4.69, 9.17) is 4.74 Å². The number of benzene rings is 2. The highest BCUT2D eigenvalue weighted by atomic mass is 19.1. The topological polar surface area (TPSA) is 67.3 Å². The van der Waals surface area contributed by atoms with E-state index in [1.165, 1.54) is 12.1 Å². The summed E-state index contributed by atoms with van der Waals surface area (Å²) in [6.07, 6.45) is 2.82. The molecule has 2 atom stereocenters. The number of carbonyl (C=O) groups is 1. The van der Waals surface area contributed by atoms with Crippen LogP contribution in [0, 0.1) is 11.7 Å². The van der Waals surface area contributed by atoms with Gasteiger partial charge >= 0.3 is 6.09 Å². The number of amides is 1. The van der Waals surface area contributed by atoms with Crippen LogP contribution in [0.5, 0.6) is 0 Å². The van der Waals surface area contributed by atoms with Crippen molar-refractivity contribution in [1.29, 1.82) is 0 Å². The predicted molar refractivity (Wildman–Crippen MR) is 118 cm³/mol. The Morgan fingerprint density at radius 1 is 1.03 bits per heavy atom. The maximum absolute atomic E-state index is 13.1. The molecule has 4 rings (SSSR count). The molecule has 1 N–H and O–H groups in total. The van der Waals surface area contributed by atoms with E-state index < -0.39 is 6.09 Å². The van der Waals surface area contributed by atoms with Gasteiger partial charge in [0.15, 0.2) is 5.82 Å². The van der Waals surface area contributed by atoms with Crippen LogP contribution in [0.25, 0.3) is 11.1 Å². The van der Waals surface area contributed by atoms with Crippen molar-refractivity contribution >= 4 is 17.7 Å². The van der Waals surface area contributed by atoms with E-state index in [1.807, 2.05) is 45.0 Å². The fraction of sp³-hybridized carbons (Fsp3) is 0.292. The van der Waals surface area contributed by atoms with Crippen LogP contribution in [-0.4, -0.2) is 28.7 Å². The number of ether oxygens (including phenoxy) is 1. The third kappa shape index (κ3) is 4.50. The van der Waals surface area contributed by atoms with Crippen molar-refractivity contribution in [3.8, 4) is 11.1 Å². The molecule has 1 amide bonds. The Morgan fingerprint density at radius 3 is 2.32 bits per heavy atom. The van der Waals surface area contributed by atoms with Gasteiger partial charge in [-0.25, -0.2) is 14.2 Å². The number of anilines is 2. The van der Waals surface area contributed by atoms with Crippen molar-refractivity contribution in [2.45, 2.75) is 32.9 Å². The van der Waals surface area contributed by atoms with E-state index in [-0.39, 0.29) is 23.8 Å². The lowest BCUT2D eigenvalue weighted by Crippen LogP contribution is -2.37. The minimum atomic E-state index is -0.394. The van der Waals surface area contributed by atoms with Crippen LogP contribution in [0.4, 0.5) is 20.8 Å². The molecular weight excluding hydrogens is 395 g/mol. The fourth-order valence-electron chi connectivity index (χ4n) is 3.64. The second-order valence-electron chi connectivity index (χ2n) is 8.02. The van der Waals surface area contributed by atoms with E-state index in [9.17, 15) is 9.18 Å². The van der Waals surface area contributed by atoms with Crippen molar-refractivity contribution in [2.75, 3.05) is 16.8 Å². The Morgan fingerprint density at radius 2 is 1.68 bits per heavy atom. The van der Waals surface area contributed by atoms with Gasteiger partial charge < -0.3 is 10.1 Å². The molecule has 0 saturated carbocycles. The Balaban J connectivity index is 1.49. The van der Waals surface area contributed by atoms with Gasteiger partial charge in [0.2, 0.25) is 0 Å². The van der Waals surface area contributed by atoms with Gasteiger partial charge in [0.1, 0.15) is 18.2 Å². The standard InChI is InChI=1S/C24H25FN4O2/c1-15(2)21-14-31-24(30)29(21)23-13-26-12-22(28-23)27-16(3)17-4-6-18(7-5-17)19-8-10-20(25)11-9-19/h4-13,15-16,21H,14H2,1-3H3,(H,27,28)/t16-,21+/m0/s1. The van der Waals surface area contributed by atoms with Crippen molar-refractivity contribution in [3.05, 3.63) is 72.3 Å². The largest absolute Gasteiger partial charge is 0.447 e. The molecule has 0 unspecified atom stereocenters. The molecule has 6 nitrogen and oxygen atoms in total. The Labute approximate surface area is 181 Å². The van der Waals surface area contributed by atoms with Crippen LogP contribution in [0.15, 0.2) is 60.9 Å². The van der Waals surface area contributed by atoms with Crippen LogP contribution in [-0.2, 0) is 4.74 Å². The zero-order valence-corrected chi connectivity index (χ0v) is 17.7. The lowest BCUT2D eigenvalue weighted by Gasteiger charge is -2.23. The minimum absolute atomic E-state index is 0.0294. The summed E-state index contributed by atoms with van der Waals surface area (Å²) in [6.45, 7) is 6.48. The van der Waals surface area contributed by atoms with Gasteiger partial charge in [-0.2, -0.15) is 0 Å². The zero-order valence-electron chi connectivity index (χ0n) is 17.7. The van der Waals surface area contributed by atoms with Crippen LogP contribution >= 0.6 is 0 Å². The second kappa shape index (κ2) is 8.71. The SMILES string of the molecule is CC(C)[C@H]1COC(=O)N1c1cncc(N[C@@H](C)c2ccc(-c3ccc(F)cc3)cc2)n1. The molecule has 3 aromatic rings. The summed E-state index contributed by atoms with van der Waals surface area (Å²) in [6, 6.07) is 14.4. The van der Waals surface area contributed by atoms with E-state index in [0.717, 1.165) is 16.7 Å². The monoisotopic (exact) mass is 420 g/mol. The summed E-state index contributed by atoms with van der Waals surface area (Å²) < 4.78 is 18.4. The first-order valence-corrected chi connectivity index (χ1v) is 10.3. The average Bonchev–Trinajstić information content (AvgIpc) is 3.16. The average molecular weight is 420 g/mol. The maximum Gasteiger partial charge on any atom is 0.415 e. The molecule has 7 heteroatoms.